The van der Waals surface area contributed by atoms with Gasteiger partial charge in [0.05, 0.1) is 6.10 Å². The van der Waals surface area contributed by atoms with Gasteiger partial charge in [-0.25, -0.2) is 4.79 Å². The molecule has 2 rings (SSSR count). The molecule has 122 valence electrons. The van der Waals surface area contributed by atoms with E-state index in [9.17, 15) is 9.90 Å². The van der Waals surface area contributed by atoms with E-state index in [1.807, 2.05) is 6.92 Å². The van der Waals surface area contributed by atoms with Gasteiger partial charge in [-0.05, 0) is 44.2 Å². The second kappa shape index (κ2) is 7.99. The number of carbonyl (C=O) groups is 1. The van der Waals surface area contributed by atoms with E-state index >= 15 is 0 Å². The number of nitrogens with one attached hydrogen (secondary N) is 1. The zero-order chi connectivity index (χ0) is 15.2. The van der Waals surface area contributed by atoms with Crippen molar-refractivity contribution in [1.29, 1.82) is 0 Å². The number of hydrogen-bond donors (Lipinski definition) is 2. The molecule has 0 aromatic carbocycles. The Labute approximate surface area is 128 Å². The molecular formula is C16H31N3O2. The summed E-state index contributed by atoms with van der Waals surface area (Å²) in [6, 6.07) is -0.0218. The second-order valence-electron chi connectivity index (χ2n) is 6.93. The fourth-order valence-corrected chi connectivity index (χ4v) is 3.25. The number of likely N-dealkylation sites (tertiary alicyclic amines) is 2. The smallest absolute Gasteiger partial charge is 0.317 e. The maximum Gasteiger partial charge on any atom is 0.317 e. The normalized spacial score (nSPS) is 29.2. The number of β-amino-alcohol motifs (C(OH)–C–C–N with tert-alkyl or cyclic N) is 1. The Kier molecular flexibility index (Phi) is 6.30. The minimum absolute atomic E-state index is 0.0218. The number of carbonyl (C=O) groups excluding carboxylic acids is 1. The van der Waals surface area contributed by atoms with Crippen LogP contribution in [-0.2, 0) is 0 Å². The molecule has 2 aliphatic rings. The highest BCUT2D eigenvalue weighted by Gasteiger charge is 2.27. The molecule has 5 nitrogen and oxygen atoms in total. The molecule has 0 saturated carbocycles. The summed E-state index contributed by atoms with van der Waals surface area (Å²) in [4.78, 5) is 16.4. The molecule has 0 aliphatic carbocycles. The van der Waals surface area contributed by atoms with E-state index in [0.29, 0.717) is 18.4 Å². The summed E-state index contributed by atoms with van der Waals surface area (Å²) >= 11 is 0. The van der Waals surface area contributed by atoms with E-state index in [-0.39, 0.29) is 12.1 Å². The molecule has 2 amide bonds. The predicted octanol–water partition coefficient (Wildman–Crippen LogP) is 1.52. The summed E-state index contributed by atoms with van der Waals surface area (Å²) in [6.07, 6.45) is 4.48. The highest BCUT2D eigenvalue weighted by atomic mass is 16.3. The van der Waals surface area contributed by atoms with Crippen LogP contribution in [0.2, 0.25) is 0 Å². The van der Waals surface area contributed by atoms with E-state index in [4.69, 9.17) is 0 Å². The minimum Gasteiger partial charge on any atom is -0.391 e. The van der Waals surface area contributed by atoms with Gasteiger partial charge in [0.15, 0.2) is 0 Å². The van der Waals surface area contributed by atoms with E-state index < -0.39 is 0 Å². The van der Waals surface area contributed by atoms with E-state index in [0.717, 1.165) is 26.1 Å². The average Bonchev–Trinajstić information content (AvgIpc) is 2.48. The number of hydrogen-bond acceptors (Lipinski definition) is 3. The summed E-state index contributed by atoms with van der Waals surface area (Å²) in [5, 5.41) is 12.9. The maximum atomic E-state index is 12.1. The fourth-order valence-electron chi connectivity index (χ4n) is 3.25. The van der Waals surface area contributed by atoms with Crippen LogP contribution >= 0.6 is 0 Å². The molecule has 5 heteroatoms. The summed E-state index contributed by atoms with van der Waals surface area (Å²) in [7, 11) is 0. The highest BCUT2D eigenvalue weighted by molar-refractivity contribution is 5.74. The molecular weight excluding hydrogens is 266 g/mol. The first-order valence-corrected chi connectivity index (χ1v) is 8.49. The number of piperidine rings is 2. The zero-order valence-corrected chi connectivity index (χ0v) is 13.6. The Hall–Kier alpha value is -0.810. The molecule has 0 spiro atoms. The van der Waals surface area contributed by atoms with Gasteiger partial charge in [-0.2, -0.15) is 0 Å². The molecule has 2 aliphatic heterocycles. The summed E-state index contributed by atoms with van der Waals surface area (Å²) in [6.45, 7) is 9.65. The first-order valence-electron chi connectivity index (χ1n) is 8.49. The molecule has 0 bridgehead atoms. The molecule has 2 saturated heterocycles. The van der Waals surface area contributed by atoms with Gasteiger partial charge in [0, 0.05) is 26.2 Å². The molecule has 2 heterocycles. The lowest BCUT2D eigenvalue weighted by molar-refractivity contribution is 0.0433. The van der Waals surface area contributed by atoms with Crippen LogP contribution in [0.15, 0.2) is 0 Å². The lowest BCUT2D eigenvalue weighted by Crippen LogP contribution is -2.50. The van der Waals surface area contributed by atoms with Crippen LogP contribution in [0.3, 0.4) is 0 Å². The molecule has 0 radical (unpaired) electrons. The Morgan fingerprint density at radius 1 is 1.29 bits per heavy atom. The quantitative estimate of drug-likeness (QED) is 0.827. The van der Waals surface area contributed by atoms with Crippen molar-refractivity contribution in [3.05, 3.63) is 0 Å². The first-order chi connectivity index (χ1) is 10.1. The van der Waals surface area contributed by atoms with Crippen molar-refractivity contribution in [1.82, 2.24) is 15.1 Å². The topological polar surface area (TPSA) is 55.8 Å². The van der Waals surface area contributed by atoms with Gasteiger partial charge in [-0.15, -0.1) is 0 Å². The van der Waals surface area contributed by atoms with Gasteiger partial charge < -0.3 is 20.2 Å². The SMILES string of the molecule is CC(CNC(=O)N1CCC(C)C(O)C1)CN1CCCCC1. The van der Waals surface area contributed by atoms with Crippen LogP contribution in [0.5, 0.6) is 0 Å². The number of nitrogens with zero attached hydrogens (tertiary/aromatic N) is 2. The van der Waals surface area contributed by atoms with Crippen molar-refractivity contribution in [2.75, 3.05) is 39.3 Å². The van der Waals surface area contributed by atoms with Crippen LogP contribution in [0.25, 0.3) is 0 Å². The molecule has 3 atom stereocenters. The zero-order valence-electron chi connectivity index (χ0n) is 13.6. The third-order valence-electron chi connectivity index (χ3n) is 4.83. The van der Waals surface area contributed by atoms with Crippen molar-refractivity contribution in [3.63, 3.8) is 0 Å². The Morgan fingerprint density at radius 2 is 2.00 bits per heavy atom. The van der Waals surface area contributed by atoms with E-state index in [2.05, 4.69) is 17.1 Å². The molecule has 2 fully saturated rings. The number of aliphatic hydroxyl groups excluding tert-OH is 1. The van der Waals surface area contributed by atoms with Crippen LogP contribution in [-0.4, -0.2) is 66.3 Å². The Bertz CT molecular complexity index is 331. The van der Waals surface area contributed by atoms with Gasteiger partial charge in [-0.3, -0.25) is 0 Å². The predicted molar refractivity (Wildman–Crippen MR) is 84.2 cm³/mol. The first kappa shape index (κ1) is 16.6. The lowest BCUT2D eigenvalue weighted by Gasteiger charge is -2.34. The van der Waals surface area contributed by atoms with Crippen molar-refractivity contribution >= 4 is 6.03 Å². The van der Waals surface area contributed by atoms with Gasteiger partial charge in [0.25, 0.3) is 0 Å². The van der Waals surface area contributed by atoms with Crippen LogP contribution in [0.4, 0.5) is 4.79 Å². The van der Waals surface area contributed by atoms with Crippen LogP contribution in [0.1, 0.15) is 39.5 Å². The Morgan fingerprint density at radius 3 is 2.67 bits per heavy atom. The monoisotopic (exact) mass is 297 g/mol. The molecule has 0 aromatic rings. The summed E-state index contributed by atoms with van der Waals surface area (Å²) in [5.41, 5.74) is 0. The molecule has 21 heavy (non-hydrogen) atoms. The number of urea groups is 1. The van der Waals surface area contributed by atoms with Gasteiger partial charge in [0.1, 0.15) is 0 Å². The standard InChI is InChI=1S/C16H31N3O2/c1-13(11-18-7-4-3-5-8-18)10-17-16(21)19-9-6-14(2)15(20)12-19/h13-15,20H,3-12H2,1-2H3,(H,17,21). The number of amides is 2. The largest absolute Gasteiger partial charge is 0.391 e. The minimum atomic E-state index is -0.379. The van der Waals surface area contributed by atoms with Gasteiger partial charge in [-0.1, -0.05) is 20.3 Å². The molecule has 0 aromatic heterocycles. The molecule has 2 N–H and O–H groups in total. The second-order valence-corrected chi connectivity index (χ2v) is 6.93. The van der Waals surface area contributed by atoms with Crippen molar-refractivity contribution in [2.24, 2.45) is 11.8 Å². The van der Waals surface area contributed by atoms with Crippen LogP contribution in [0, 0.1) is 11.8 Å². The van der Waals surface area contributed by atoms with Crippen molar-refractivity contribution < 1.29 is 9.90 Å². The van der Waals surface area contributed by atoms with Crippen molar-refractivity contribution in [2.45, 2.75) is 45.6 Å². The molecule has 3 unspecified atom stereocenters. The number of aliphatic hydroxyl groups is 1. The van der Waals surface area contributed by atoms with E-state index in [1.165, 1.54) is 32.4 Å². The summed E-state index contributed by atoms with van der Waals surface area (Å²) < 4.78 is 0. The Balaban J connectivity index is 1.66. The third kappa shape index (κ3) is 5.15. The number of rotatable bonds is 4. The van der Waals surface area contributed by atoms with Gasteiger partial charge >= 0.3 is 6.03 Å². The van der Waals surface area contributed by atoms with E-state index in [1.54, 1.807) is 4.90 Å². The fraction of sp³-hybridized carbons (Fsp3) is 0.938. The van der Waals surface area contributed by atoms with Crippen molar-refractivity contribution in [3.8, 4) is 0 Å². The maximum absolute atomic E-state index is 12.1. The van der Waals surface area contributed by atoms with Crippen LogP contribution < -0.4 is 5.32 Å². The highest BCUT2D eigenvalue weighted by Crippen LogP contribution is 2.17. The lowest BCUT2D eigenvalue weighted by atomic mass is 9.96. The van der Waals surface area contributed by atoms with Gasteiger partial charge in [0.2, 0.25) is 0 Å². The average molecular weight is 297 g/mol. The third-order valence-corrected chi connectivity index (χ3v) is 4.83. The summed E-state index contributed by atoms with van der Waals surface area (Å²) in [5.74, 6) is 0.771.